The lowest BCUT2D eigenvalue weighted by molar-refractivity contribution is 0.0589. The van der Waals surface area contributed by atoms with Crippen LogP contribution in [-0.2, 0) is 11.3 Å². The lowest BCUT2D eigenvalue weighted by Gasteiger charge is -2.46. The number of carbonyl (C=O) groups excluding carboxylic acids is 1. The number of benzene rings is 2. The standard InChI is InChI=1S/C21H24FN3O2S/c1-16-13-21(15-23-28-25(21)19-9-5-8-18(22)12-19)10-11-24(16)20(26)27-14-17-6-3-2-4-7-17/h2-9,12,16,23H,10-11,13-15H2,1H3/t16-,21+/m0/s1. The topological polar surface area (TPSA) is 44.8 Å². The molecule has 0 saturated carbocycles. The third kappa shape index (κ3) is 3.82. The van der Waals surface area contributed by atoms with Gasteiger partial charge in [0.25, 0.3) is 0 Å². The van der Waals surface area contributed by atoms with Crippen LogP contribution in [0.25, 0.3) is 0 Å². The van der Waals surface area contributed by atoms with Gasteiger partial charge in [-0.05, 0) is 43.5 Å². The first-order valence-corrected chi connectivity index (χ1v) is 10.3. The van der Waals surface area contributed by atoms with E-state index in [0.717, 1.165) is 30.6 Å². The van der Waals surface area contributed by atoms with Crippen molar-refractivity contribution in [1.29, 1.82) is 0 Å². The molecule has 2 aromatic rings. The Morgan fingerprint density at radius 1 is 1.29 bits per heavy atom. The fourth-order valence-corrected chi connectivity index (χ4v) is 5.16. The van der Waals surface area contributed by atoms with Crippen LogP contribution in [0.1, 0.15) is 25.3 Å². The van der Waals surface area contributed by atoms with Gasteiger partial charge in [-0.15, -0.1) is 0 Å². The Kier molecular flexibility index (Phi) is 5.46. The second-order valence-electron chi connectivity index (χ2n) is 7.45. The first-order chi connectivity index (χ1) is 13.6. The summed E-state index contributed by atoms with van der Waals surface area (Å²) in [4.78, 5) is 14.4. The highest BCUT2D eigenvalue weighted by Crippen LogP contribution is 2.43. The predicted molar refractivity (Wildman–Crippen MR) is 109 cm³/mol. The van der Waals surface area contributed by atoms with Gasteiger partial charge in [0.1, 0.15) is 12.4 Å². The second kappa shape index (κ2) is 8.01. The average Bonchev–Trinajstić information content (AvgIpc) is 3.09. The first-order valence-electron chi connectivity index (χ1n) is 9.50. The third-order valence-corrected chi connectivity index (χ3v) is 6.55. The summed E-state index contributed by atoms with van der Waals surface area (Å²) in [6.45, 7) is 3.74. The third-order valence-electron chi connectivity index (χ3n) is 5.50. The van der Waals surface area contributed by atoms with Crippen molar-refractivity contribution in [2.24, 2.45) is 0 Å². The van der Waals surface area contributed by atoms with Crippen molar-refractivity contribution in [3.8, 4) is 0 Å². The van der Waals surface area contributed by atoms with E-state index >= 15 is 0 Å². The molecule has 2 atom stereocenters. The molecule has 2 aliphatic heterocycles. The largest absolute Gasteiger partial charge is 0.445 e. The molecule has 1 amide bonds. The summed E-state index contributed by atoms with van der Waals surface area (Å²) >= 11 is 1.51. The summed E-state index contributed by atoms with van der Waals surface area (Å²) < 4.78 is 24.8. The Hall–Kier alpha value is -2.25. The molecule has 2 aliphatic rings. The van der Waals surface area contributed by atoms with Crippen molar-refractivity contribution >= 4 is 23.9 Å². The highest BCUT2D eigenvalue weighted by molar-refractivity contribution is 7.99. The minimum Gasteiger partial charge on any atom is -0.445 e. The molecule has 7 heteroatoms. The van der Waals surface area contributed by atoms with Gasteiger partial charge >= 0.3 is 6.09 Å². The van der Waals surface area contributed by atoms with Crippen LogP contribution in [0, 0.1) is 5.82 Å². The summed E-state index contributed by atoms with van der Waals surface area (Å²) in [5.74, 6) is -0.241. The number of amides is 1. The number of piperidine rings is 1. The quantitative estimate of drug-likeness (QED) is 0.775. The van der Waals surface area contributed by atoms with Gasteiger partial charge in [0.15, 0.2) is 0 Å². The van der Waals surface area contributed by atoms with Gasteiger partial charge in [-0.25, -0.2) is 13.9 Å². The Morgan fingerprint density at radius 3 is 2.86 bits per heavy atom. The van der Waals surface area contributed by atoms with Crippen molar-refractivity contribution in [3.63, 3.8) is 0 Å². The number of carbonyl (C=O) groups is 1. The molecule has 2 heterocycles. The molecule has 28 heavy (non-hydrogen) atoms. The summed E-state index contributed by atoms with van der Waals surface area (Å²) in [7, 11) is 0. The molecule has 2 aromatic carbocycles. The molecular formula is C21H24FN3O2S. The van der Waals surface area contributed by atoms with Gasteiger partial charge in [0.05, 0.1) is 11.2 Å². The van der Waals surface area contributed by atoms with E-state index in [1.54, 1.807) is 17.0 Å². The highest BCUT2D eigenvalue weighted by Gasteiger charge is 2.48. The Morgan fingerprint density at radius 2 is 2.11 bits per heavy atom. The number of nitrogens with one attached hydrogen (secondary N) is 1. The number of hydrogen-bond acceptors (Lipinski definition) is 5. The molecule has 4 rings (SSSR count). The van der Waals surface area contributed by atoms with Crippen molar-refractivity contribution in [2.45, 2.75) is 38.0 Å². The molecule has 0 bridgehead atoms. The maximum absolute atomic E-state index is 13.7. The maximum Gasteiger partial charge on any atom is 0.410 e. The Labute approximate surface area is 169 Å². The smallest absolute Gasteiger partial charge is 0.410 e. The fourth-order valence-electron chi connectivity index (χ4n) is 4.06. The fraction of sp³-hybridized carbons (Fsp3) is 0.381. The van der Waals surface area contributed by atoms with Crippen LogP contribution in [0.15, 0.2) is 54.6 Å². The molecule has 5 nitrogen and oxygen atoms in total. The molecule has 148 valence electrons. The SMILES string of the molecule is C[C@H]1C[C@]2(CCN1C(=O)OCc1ccccc1)CNSN2c1cccc(F)c1. The normalized spacial score (nSPS) is 24.6. The van der Waals surface area contributed by atoms with Crippen LogP contribution in [0.2, 0.25) is 0 Å². The molecule has 0 aromatic heterocycles. The maximum atomic E-state index is 13.7. The lowest BCUT2D eigenvalue weighted by Crippen LogP contribution is -2.57. The summed E-state index contributed by atoms with van der Waals surface area (Å²) in [6.07, 6.45) is 1.32. The van der Waals surface area contributed by atoms with Gasteiger partial charge in [0, 0.05) is 31.3 Å². The van der Waals surface area contributed by atoms with E-state index in [2.05, 4.69) is 16.0 Å². The molecule has 1 N–H and O–H groups in total. The molecule has 0 unspecified atom stereocenters. The highest BCUT2D eigenvalue weighted by atomic mass is 32.2. The van der Waals surface area contributed by atoms with Crippen LogP contribution in [0.4, 0.5) is 14.9 Å². The molecule has 0 aliphatic carbocycles. The predicted octanol–water partition coefficient (Wildman–Crippen LogP) is 4.36. The van der Waals surface area contributed by atoms with E-state index in [-0.39, 0.29) is 30.1 Å². The van der Waals surface area contributed by atoms with Gasteiger partial charge in [-0.3, -0.25) is 4.31 Å². The number of nitrogens with zero attached hydrogens (tertiary/aromatic N) is 2. The summed E-state index contributed by atoms with van der Waals surface area (Å²) in [5.41, 5.74) is 1.68. The van der Waals surface area contributed by atoms with Gasteiger partial charge in [-0.2, -0.15) is 0 Å². The Balaban J connectivity index is 1.42. The molecule has 2 fully saturated rings. The number of likely N-dealkylation sites (tertiary alicyclic amines) is 1. The van der Waals surface area contributed by atoms with Crippen LogP contribution >= 0.6 is 12.1 Å². The van der Waals surface area contributed by atoms with E-state index in [1.165, 1.54) is 18.2 Å². The van der Waals surface area contributed by atoms with Crippen LogP contribution in [0.5, 0.6) is 0 Å². The monoisotopic (exact) mass is 401 g/mol. The van der Waals surface area contributed by atoms with Crippen LogP contribution in [-0.4, -0.2) is 35.7 Å². The van der Waals surface area contributed by atoms with Crippen molar-refractivity contribution in [3.05, 3.63) is 66.0 Å². The minimum absolute atomic E-state index is 0.0357. The summed E-state index contributed by atoms with van der Waals surface area (Å²) in [6, 6.07) is 16.4. The molecular weight excluding hydrogens is 377 g/mol. The number of ether oxygens (including phenoxy) is 1. The molecule has 0 radical (unpaired) electrons. The lowest BCUT2D eigenvalue weighted by atomic mass is 9.83. The number of anilines is 1. The zero-order chi connectivity index (χ0) is 19.6. The number of halogens is 1. The van der Waals surface area contributed by atoms with E-state index in [1.807, 2.05) is 36.4 Å². The first kappa shape index (κ1) is 19.1. The average molecular weight is 402 g/mol. The molecule has 1 spiro atoms. The minimum atomic E-state index is -0.276. The van der Waals surface area contributed by atoms with Crippen LogP contribution in [0.3, 0.4) is 0 Å². The number of rotatable bonds is 3. The van der Waals surface area contributed by atoms with Gasteiger partial charge in [0.2, 0.25) is 0 Å². The molecule has 2 saturated heterocycles. The van der Waals surface area contributed by atoms with Crippen molar-refractivity contribution in [1.82, 2.24) is 9.62 Å². The van der Waals surface area contributed by atoms with Gasteiger partial charge in [-0.1, -0.05) is 36.4 Å². The van der Waals surface area contributed by atoms with Gasteiger partial charge < -0.3 is 9.64 Å². The Bertz CT molecular complexity index is 837. The zero-order valence-corrected chi connectivity index (χ0v) is 16.6. The summed E-state index contributed by atoms with van der Waals surface area (Å²) in [5, 5.41) is 0. The van der Waals surface area contributed by atoms with E-state index in [4.69, 9.17) is 4.74 Å². The number of hydrogen-bond donors (Lipinski definition) is 1. The van der Waals surface area contributed by atoms with E-state index in [0.29, 0.717) is 6.54 Å². The second-order valence-corrected chi connectivity index (χ2v) is 8.28. The van der Waals surface area contributed by atoms with Crippen LogP contribution < -0.4 is 9.03 Å². The van der Waals surface area contributed by atoms with Crippen molar-refractivity contribution in [2.75, 3.05) is 17.4 Å². The van der Waals surface area contributed by atoms with Crippen molar-refractivity contribution < 1.29 is 13.9 Å². The van der Waals surface area contributed by atoms with E-state index < -0.39 is 0 Å². The zero-order valence-electron chi connectivity index (χ0n) is 15.8. The van der Waals surface area contributed by atoms with E-state index in [9.17, 15) is 9.18 Å².